The highest BCUT2D eigenvalue weighted by molar-refractivity contribution is 5.87. The first-order valence-corrected chi connectivity index (χ1v) is 7.53. The van der Waals surface area contributed by atoms with E-state index in [0.29, 0.717) is 11.8 Å². The van der Waals surface area contributed by atoms with Crippen LogP contribution in [0.25, 0.3) is 10.9 Å². The minimum absolute atomic E-state index is 0.00369. The first-order chi connectivity index (χ1) is 11.4. The Bertz CT molecular complexity index is 991. The normalized spacial score (nSPS) is 14.2. The van der Waals surface area contributed by atoms with Gasteiger partial charge in [-0.2, -0.15) is 13.2 Å². The quantitative estimate of drug-likeness (QED) is 0.724. The van der Waals surface area contributed by atoms with Crippen molar-refractivity contribution >= 4 is 22.3 Å². The zero-order valence-electron chi connectivity index (χ0n) is 12.5. The second-order valence-electron chi connectivity index (χ2n) is 5.81. The molecule has 0 saturated carbocycles. The molecule has 1 aromatic heterocycles. The molecule has 6 heteroatoms. The van der Waals surface area contributed by atoms with Gasteiger partial charge in [0.15, 0.2) is 0 Å². The van der Waals surface area contributed by atoms with Crippen LogP contribution >= 0.6 is 0 Å². The number of fused-ring (bicyclic) bond motifs is 2. The Hall–Kier alpha value is -2.76. The number of benzene rings is 2. The van der Waals surface area contributed by atoms with E-state index in [4.69, 9.17) is 0 Å². The van der Waals surface area contributed by atoms with Crippen molar-refractivity contribution in [2.45, 2.75) is 12.6 Å². The Labute approximate surface area is 135 Å². The van der Waals surface area contributed by atoms with Crippen LogP contribution in [0.1, 0.15) is 11.1 Å². The van der Waals surface area contributed by atoms with Crippen LogP contribution in [0.5, 0.6) is 0 Å². The van der Waals surface area contributed by atoms with Crippen molar-refractivity contribution in [1.29, 1.82) is 0 Å². The monoisotopic (exact) mass is 330 g/mol. The number of para-hydroxylation sites is 1. The van der Waals surface area contributed by atoms with E-state index in [1.165, 1.54) is 17.7 Å². The zero-order valence-corrected chi connectivity index (χ0v) is 12.5. The average molecular weight is 330 g/mol. The minimum Gasteiger partial charge on any atom is -0.341 e. The largest absolute Gasteiger partial charge is 0.417 e. The standard InChI is InChI=1S/C18H13F3N2O/c19-18(20,21)14-10-17(24)22-15-6-5-12(9-13(14)15)23-8-7-11-3-1-2-4-16(11)23/h1-6,9-10H,7-8H2,(H,22,24). The fourth-order valence-electron chi connectivity index (χ4n) is 3.25. The lowest BCUT2D eigenvalue weighted by Gasteiger charge is -2.21. The van der Waals surface area contributed by atoms with Crippen molar-refractivity contribution in [3.8, 4) is 0 Å². The fourth-order valence-corrected chi connectivity index (χ4v) is 3.25. The molecule has 0 amide bonds. The second-order valence-corrected chi connectivity index (χ2v) is 5.81. The van der Waals surface area contributed by atoms with Crippen molar-refractivity contribution in [2.24, 2.45) is 0 Å². The number of hydrogen-bond donors (Lipinski definition) is 1. The van der Waals surface area contributed by atoms with Crippen LogP contribution in [0.4, 0.5) is 24.5 Å². The molecule has 1 N–H and O–H groups in total. The van der Waals surface area contributed by atoms with Crippen molar-refractivity contribution in [1.82, 2.24) is 4.98 Å². The molecule has 2 heterocycles. The summed E-state index contributed by atoms with van der Waals surface area (Å²) >= 11 is 0. The lowest BCUT2D eigenvalue weighted by Crippen LogP contribution is -2.16. The molecule has 122 valence electrons. The number of aromatic nitrogens is 1. The molecule has 0 bridgehead atoms. The molecular formula is C18H13F3N2O. The van der Waals surface area contributed by atoms with Gasteiger partial charge in [0, 0.05) is 34.9 Å². The average Bonchev–Trinajstić information content (AvgIpc) is 2.97. The van der Waals surface area contributed by atoms with Crippen LogP contribution in [0, 0.1) is 0 Å². The van der Waals surface area contributed by atoms with Gasteiger partial charge in [0.2, 0.25) is 5.56 Å². The van der Waals surface area contributed by atoms with Gasteiger partial charge in [-0.15, -0.1) is 0 Å². The molecular weight excluding hydrogens is 317 g/mol. The first-order valence-electron chi connectivity index (χ1n) is 7.53. The minimum atomic E-state index is -4.58. The SMILES string of the molecule is O=c1cc(C(F)(F)F)c2cc(N3CCc4ccccc43)ccc2[nH]1. The summed E-state index contributed by atoms with van der Waals surface area (Å²) in [6, 6.07) is 13.2. The third-order valence-corrected chi connectivity index (χ3v) is 4.33. The summed E-state index contributed by atoms with van der Waals surface area (Å²) in [6.45, 7) is 0.718. The van der Waals surface area contributed by atoms with Crippen LogP contribution in [0.3, 0.4) is 0 Å². The van der Waals surface area contributed by atoms with E-state index in [1.54, 1.807) is 6.07 Å². The maximum absolute atomic E-state index is 13.3. The van der Waals surface area contributed by atoms with Crippen molar-refractivity contribution in [2.75, 3.05) is 11.4 Å². The summed E-state index contributed by atoms with van der Waals surface area (Å²) < 4.78 is 39.8. The van der Waals surface area contributed by atoms with E-state index in [9.17, 15) is 18.0 Å². The first kappa shape index (κ1) is 14.8. The molecule has 3 aromatic rings. The molecule has 2 aromatic carbocycles. The second kappa shape index (κ2) is 5.12. The third kappa shape index (κ3) is 2.35. The van der Waals surface area contributed by atoms with E-state index in [-0.39, 0.29) is 10.9 Å². The number of hydrogen-bond acceptors (Lipinski definition) is 2. The molecule has 0 saturated heterocycles. The fraction of sp³-hybridized carbons (Fsp3) is 0.167. The van der Waals surface area contributed by atoms with Gasteiger partial charge >= 0.3 is 6.18 Å². The van der Waals surface area contributed by atoms with Crippen LogP contribution in [0.15, 0.2) is 53.3 Å². The Morgan fingerprint density at radius 2 is 1.83 bits per heavy atom. The predicted molar refractivity (Wildman–Crippen MR) is 86.7 cm³/mol. The smallest absolute Gasteiger partial charge is 0.341 e. The molecule has 0 fully saturated rings. The van der Waals surface area contributed by atoms with Crippen molar-refractivity contribution < 1.29 is 13.2 Å². The van der Waals surface area contributed by atoms with Gasteiger partial charge in [-0.05, 0) is 36.2 Å². The summed E-state index contributed by atoms with van der Waals surface area (Å²) in [5.74, 6) is 0. The maximum Gasteiger partial charge on any atom is 0.417 e. The van der Waals surface area contributed by atoms with Crippen molar-refractivity contribution in [3.05, 3.63) is 70.0 Å². The number of anilines is 2. The van der Waals surface area contributed by atoms with E-state index in [0.717, 1.165) is 18.7 Å². The zero-order chi connectivity index (χ0) is 16.9. The summed E-state index contributed by atoms with van der Waals surface area (Å²) in [6.07, 6.45) is -3.72. The van der Waals surface area contributed by atoms with Crippen LogP contribution in [-0.4, -0.2) is 11.5 Å². The number of halogens is 3. The summed E-state index contributed by atoms with van der Waals surface area (Å²) in [4.78, 5) is 16.0. The molecule has 1 aliphatic heterocycles. The van der Waals surface area contributed by atoms with Gasteiger partial charge in [-0.25, -0.2) is 0 Å². The summed E-state index contributed by atoms with van der Waals surface area (Å²) in [5, 5.41) is 0.00369. The highest BCUT2D eigenvalue weighted by Gasteiger charge is 2.33. The van der Waals surface area contributed by atoms with Crippen LogP contribution in [-0.2, 0) is 12.6 Å². The van der Waals surface area contributed by atoms with Crippen molar-refractivity contribution in [3.63, 3.8) is 0 Å². The summed E-state index contributed by atoms with van der Waals surface area (Å²) in [7, 11) is 0. The Balaban J connectivity index is 1.91. The Morgan fingerprint density at radius 1 is 1.04 bits per heavy atom. The molecule has 0 atom stereocenters. The van der Waals surface area contributed by atoms with E-state index in [1.807, 2.05) is 29.2 Å². The number of H-pyrrole nitrogens is 1. The lowest BCUT2D eigenvalue weighted by molar-refractivity contribution is -0.136. The van der Waals surface area contributed by atoms with Gasteiger partial charge < -0.3 is 9.88 Å². The summed E-state index contributed by atoms with van der Waals surface area (Å²) in [5.41, 5.74) is 1.39. The molecule has 0 radical (unpaired) electrons. The molecule has 4 rings (SSSR count). The van der Waals surface area contributed by atoms with Gasteiger partial charge in [-0.3, -0.25) is 4.79 Å². The number of nitrogens with one attached hydrogen (secondary N) is 1. The van der Waals surface area contributed by atoms with Gasteiger partial charge in [0.05, 0.1) is 5.56 Å². The van der Waals surface area contributed by atoms with E-state index in [2.05, 4.69) is 4.98 Å². The van der Waals surface area contributed by atoms with Crippen LogP contribution < -0.4 is 10.5 Å². The third-order valence-electron chi connectivity index (χ3n) is 4.33. The topological polar surface area (TPSA) is 36.1 Å². The van der Waals surface area contributed by atoms with Gasteiger partial charge in [0.1, 0.15) is 0 Å². The van der Waals surface area contributed by atoms with E-state index < -0.39 is 17.3 Å². The molecule has 3 nitrogen and oxygen atoms in total. The molecule has 0 spiro atoms. The number of nitrogens with zero attached hydrogens (tertiary/aromatic N) is 1. The lowest BCUT2D eigenvalue weighted by atomic mass is 10.1. The molecule has 24 heavy (non-hydrogen) atoms. The maximum atomic E-state index is 13.3. The Morgan fingerprint density at radius 3 is 2.62 bits per heavy atom. The van der Waals surface area contributed by atoms with Gasteiger partial charge in [0.25, 0.3) is 0 Å². The predicted octanol–water partition coefficient (Wildman–Crippen LogP) is 4.24. The van der Waals surface area contributed by atoms with Gasteiger partial charge in [-0.1, -0.05) is 18.2 Å². The number of aromatic amines is 1. The highest BCUT2D eigenvalue weighted by atomic mass is 19.4. The van der Waals surface area contributed by atoms with Crippen LogP contribution in [0.2, 0.25) is 0 Å². The molecule has 0 aliphatic carbocycles. The molecule has 0 unspecified atom stereocenters. The highest BCUT2D eigenvalue weighted by Crippen LogP contribution is 2.38. The van der Waals surface area contributed by atoms with E-state index >= 15 is 0 Å². The molecule has 1 aliphatic rings. The number of rotatable bonds is 1. The Kier molecular flexibility index (Phi) is 3.16. The number of alkyl halides is 3. The number of pyridine rings is 1.